The predicted octanol–water partition coefficient (Wildman–Crippen LogP) is 6.82. The molecule has 0 radical (unpaired) electrons. The van der Waals surface area contributed by atoms with Crippen LogP contribution in [0.15, 0.2) is 39.7 Å². The van der Waals surface area contributed by atoms with E-state index in [9.17, 15) is 5.26 Å². The van der Waals surface area contributed by atoms with Gasteiger partial charge in [0, 0.05) is 15.5 Å². The van der Waals surface area contributed by atoms with Crippen LogP contribution in [0.4, 0.5) is 5.00 Å². The van der Waals surface area contributed by atoms with E-state index in [1.807, 2.05) is 12.1 Å². The van der Waals surface area contributed by atoms with Crippen molar-refractivity contribution in [3.8, 4) is 17.4 Å². The average Bonchev–Trinajstić information content (AvgIpc) is 3.25. The summed E-state index contributed by atoms with van der Waals surface area (Å²) in [5.74, 6) is 1.23. The smallest absolute Gasteiger partial charge is 0.145 e. The Labute approximate surface area is 165 Å². The van der Waals surface area contributed by atoms with Gasteiger partial charge in [0.25, 0.3) is 0 Å². The fraction of sp³-hybridized carbons (Fsp3) is 0.200. The van der Waals surface area contributed by atoms with Crippen LogP contribution >= 0.6 is 34.5 Å². The molecule has 3 nitrogen and oxygen atoms in total. The first kappa shape index (κ1) is 17.4. The lowest BCUT2D eigenvalue weighted by Crippen LogP contribution is -1.99. The van der Waals surface area contributed by atoms with Gasteiger partial charge in [-0.3, -0.25) is 0 Å². The minimum atomic E-state index is 0.574. The van der Waals surface area contributed by atoms with Gasteiger partial charge >= 0.3 is 0 Å². The van der Waals surface area contributed by atoms with Crippen LogP contribution in [0.2, 0.25) is 10.0 Å². The van der Waals surface area contributed by atoms with Crippen LogP contribution in [0.25, 0.3) is 11.3 Å². The van der Waals surface area contributed by atoms with Crippen molar-refractivity contribution in [1.29, 1.82) is 5.26 Å². The third-order valence-electron chi connectivity index (χ3n) is 4.39. The van der Waals surface area contributed by atoms with E-state index in [1.165, 1.54) is 16.9 Å². The molecule has 1 aliphatic carbocycles. The zero-order valence-electron chi connectivity index (χ0n) is 13.8. The predicted molar refractivity (Wildman–Crippen MR) is 107 cm³/mol. The van der Waals surface area contributed by atoms with Crippen molar-refractivity contribution in [2.24, 2.45) is 4.99 Å². The molecule has 2 heterocycles. The van der Waals surface area contributed by atoms with Gasteiger partial charge < -0.3 is 4.42 Å². The van der Waals surface area contributed by atoms with Gasteiger partial charge in [0.1, 0.15) is 22.6 Å². The summed E-state index contributed by atoms with van der Waals surface area (Å²) in [5.41, 5.74) is 2.63. The lowest BCUT2D eigenvalue weighted by molar-refractivity contribution is 0.575. The molecule has 0 atom stereocenters. The molecule has 26 heavy (non-hydrogen) atoms. The molecular formula is C20H14Cl2N2OS. The van der Waals surface area contributed by atoms with E-state index in [0.717, 1.165) is 29.8 Å². The van der Waals surface area contributed by atoms with Crippen LogP contribution in [0.3, 0.4) is 0 Å². The zero-order chi connectivity index (χ0) is 18.1. The van der Waals surface area contributed by atoms with Crippen molar-refractivity contribution in [2.45, 2.75) is 25.7 Å². The molecular weight excluding hydrogens is 387 g/mol. The van der Waals surface area contributed by atoms with Crippen LogP contribution < -0.4 is 0 Å². The molecule has 0 fully saturated rings. The summed E-state index contributed by atoms with van der Waals surface area (Å²) in [6.45, 7) is 0. The molecule has 0 amide bonds. The molecule has 3 aromatic rings. The van der Waals surface area contributed by atoms with Crippen LogP contribution in [-0.2, 0) is 12.8 Å². The van der Waals surface area contributed by atoms with E-state index >= 15 is 0 Å². The first-order valence-corrected chi connectivity index (χ1v) is 9.87. The van der Waals surface area contributed by atoms with E-state index < -0.39 is 0 Å². The fourth-order valence-corrected chi connectivity index (χ4v) is 4.70. The molecule has 6 heteroatoms. The molecule has 130 valence electrons. The molecule has 0 N–H and O–H groups in total. The molecule has 0 saturated heterocycles. The average molecular weight is 401 g/mol. The Morgan fingerprint density at radius 1 is 1.15 bits per heavy atom. The number of hydrogen-bond donors (Lipinski definition) is 0. The molecule has 1 aliphatic rings. The number of fused-ring (bicyclic) bond motifs is 1. The molecule has 0 spiro atoms. The molecule has 2 aromatic heterocycles. The zero-order valence-corrected chi connectivity index (χ0v) is 16.1. The van der Waals surface area contributed by atoms with Crippen LogP contribution in [0, 0.1) is 11.3 Å². The molecule has 0 aliphatic heterocycles. The van der Waals surface area contributed by atoms with E-state index in [1.54, 1.807) is 35.8 Å². The number of halogens is 2. The van der Waals surface area contributed by atoms with Crippen molar-refractivity contribution < 1.29 is 4.42 Å². The Bertz CT molecular complexity index is 1040. The second kappa shape index (κ2) is 7.28. The highest BCUT2D eigenvalue weighted by atomic mass is 35.5. The number of furan rings is 1. The van der Waals surface area contributed by atoms with Crippen molar-refractivity contribution in [1.82, 2.24) is 0 Å². The Hall–Kier alpha value is -2.06. The minimum Gasteiger partial charge on any atom is -0.455 e. The second-order valence-corrected chi connectivity index (χ2v) is 8.01. The summed E-state index contributed by atoms with van der Waals surface area (Å²) < 4.78 is 5.83. The SMILES string of the molecule is N#Cc1c(N=Cc2ccc(-c3cc(Cl)ccc3Cl)o2)sc2c1CCCC2. The first-order chi connectivity index (χ1) is 12.7. The number of thiophene rings is 1. The maximum Gasteiger partial charge on any atom is 0.145 e. The monoisotopic (exact) mass is 400 g/mol. The van der Waals surface area contributed by atoms with Gasteiger partial charge in [-0.25, -0.2) is 4.99 Å². The third-order valence-corrected chi connectivity index (χ3v) is 6.16. The maximum atomic E-state index is 9.50. The molecule has 4 rings (SSSR count). The molecule has 0 saturated carbocycles. The van der Waals surface area contributed by atoms with E-state index in [-0.39, 0.29) is 0 Å². The number of nitriles is 1. The first-order valence-electron chi connectivity index (χ1n) is 8.29. The third kappa shape index (κ3) is 3.31. The van der Waals surface area contributed by atoms with Crippen molar-refractivity contribution in [3.63, 3.8) is 0 Å². The van der Waals surface area contributed by atoms with Crippen molar-refractivity contribution >= 4 is 45.8 Å². The summed E-state index contributed by atoms with van der Waals surface area (Å²) in [4.78, 5) is 5.81. The quantitative estimate of drug-likeness (QED) is 0.452. The normalized spacial score (nSPS) is 13.7. The lowest BCUT2D eigenvalue weighted by atomic mass is 9.96. The summed E-state index contributed by atoms with van der Waals surface area (Å²) >= 11 is 13.9. The Balaban J connectivity index is 1.63. The minimum absolute atomic E-state index is 0.574. The number of benzene rings is 1. The Kier molecular flexibility index (Phi) is 4.86. The highest BCUT2D eigenvalue weighted by Crippen LogP contribution is 2.39. The van der Waals surface area contributed by atoms with E-state index in [4.69, 9.17) is 27.6 Å². The number of nitrogens with zero attached hydrogens (tertiary/aromatic N) is 2. The molecule has 1 aromatic carbocycles. The lowest BCUT2D eigenvalue weighted by Gasteiger charge is -2.09. The van der Waals surface area contributed by atoms with Crippen molar-refractivity contribution in [3.05, 3.63) is 62.1 Å². The summed E-state index contributed by atoms with van der Waals surface area (Å²) in [6.07, 6.45) is 6.00. The van der Waals surface area contributed by atoms with Gasteiger partial charge in [0.05, 0.1) is 16.8 Å². The van der Waals surface area contributed by atoms with Gasteiger partial charge in [0.15, 0.2) is 0 Å². The van der Waals surface area contributed by atoms with Gasteiger partial charge in [-0.05, 0) is 61.6 Å². The number of hydrogen-bond acceptors (Lipinski definition) is 4. The number of aryl methyl sites for hydroxylation is 1. The largest absolute Gasteiger partial charge is 0.455 e. The van der Waals surface area contributed by atoms with Gasteiger partial charge in [-0.15, -0.1) is 11.3 Å². The molecule has 0 unspecified atom stereocenters. The topological polar surface area (TPSA) is 49.3 Å². The second-order valence-electron chi connectivity index (χ2n) is 6.09. The van der Waals surface area contributed by atoms with Crippen molar-refractivity contribution in [2.75, 3.05) is 0 Å². The molecule has 0 bridgehead atoms. The van der Waals surface area contributed by atoms with Crippen LogP contribution in [0.5, 0.6) is 0 Å². The fourth-order valence-electron chi connectivity index (χ4n) is 3.13. The standard InChI is InChI=1S/C20H14Cl2N2OS/c21-12-5-7-17(22)15(9-12)18-8-6-13(25-18)11-24-20-16(10-23)14-3-1-2-4-19(14)26-20/h5-9,11H,1-4H2. The summed E-state index contributed by atoms with van der Waals surface area (Å²) in [7, 11) is 0. The number of rotatable bonds is 3. The van der Waals surface area contributed by atoms with Crippen LogP contribution in [0.1, 0.15) is 34.6 Å². The highest BCUT2D eigenvalue weighted by molar-refractivity contribution is 7.16. The summed E-state index contributed by atoms with van der Waals surface area (Å²) in [5, 5.41) is 11.4. The van der Waals surface area contributed by atoms with Crippen LogP contribution in [-0.4, -0.2) is 6.21 Å². The Morgan fingerprint density at radius 3 is 2.85 bits per heavy atom. The summed E-state index contributed by atoms with van der Waals surface area (Å²) in [6, 6.07) is 11.2. The Morgan fingerprint density at radius 2 is 2.00 bits per heavy atom. The highest BCUT2D eigenvalue weighted by Gasteiger charge is 2.20. The van der Waals surface area contributed by atoms with Gasteiger partial charge in [0.2, 0.25) is 0 Å². The van der Waals surface area contributed by atoms with E-state index in [0.29, 0.717) is 27.1 Å². The number of aliphatic imine (C=N–C) groups is 1. The maximum absolute atomic E-state index is 9.50. The van der Waals surface area contributed by atoms with E-state index in [2.05, 4.69) is 11.1 Å². The van der Waals surface area contributed by atoms with Gasteiger partial charge in [-0.1, -0.05) is 23.2 Å². The van der Waals surface area contributed by atoms with Gasteiger partial charge in [-0.2, -0.15) is 5.26 Å².